The minimum atomic E-state index is -1.94. The summed E-state index contributed by atoms with van der Waals surface area (Å²) in [6, 6.07) is 14.5. The van der Waals surface area contributed by atoms with Crippen molar-refractivity contribution >= 4 is 14.4 Å². The van der Waals surface area contributed by atoms with E-state index in [0.29, 0.717) is 17.9 Å². The topological polar surface area (TPSA) is 18.5 Å². The van der Waals surface area contributed by atoms with Crippen LogP contribution in [-0.4, -0.2) is 15.4 Å². The van der Waals surface area contributed by atoms with Crippen molar-refractivity contribution in [3.8, 4) is 5.75 Å². The van der Waals surface area contributed by atoms with Crippen molar-refractivity contribution in [2.75, 3.05) is 7.11 Å². The van der Waals surface area contributed by atoms with Crippen LogP contribution in [0.2, 0.25) is 17.6 Å². The minimum absolute atomic E-state index is 0.125. The second-order valence-corrected chi connectivity index (χ2v) is 13.3. The highest BCUT2D eigenvalue weighted by Crippen LogP contribution is 2.43. The van der Waals surface area contributed by atoms with Gasteiger partial charge in [0, 0.05) is 12.7 Å². The summed E-state index contributed by atoms with van der Waals surface area (Å²) in [5.41, 5.74) is 4.00. The maximum atomic E-state index is 15.0. The molecule has 1 aliphatic carbocycles. The molecule has 0 spiro atoms. The van der Waals surface area contributed by atoms with E-state index in [4.69, 9.17) is 9.16 Å². The monoisotopic (exact) mass is 384 g/mol. The van der Waals surface area contributed by atoms with Crippen LogP contribution in [0.3, 0.4) is 0 Å². The molecule has 0 amide bonds. The molecule has 0 heterocycles. The Kier molecular flexibility index (Phi) is 5.59. The molecule has 0 fully saturated rings. The van der Waals surface area contributed by atoms with Gasteiger partial charge in [-0.1, -0.05) is 68.8 Å². The fourth-order valence-electron chi connectivity index (χ4n) is 3.46. The summed E-state index contributed by atoms with van der Waals surface area (Å²) in [7, 11) is -0.126. The third-order valence-electron chi connectivity index (χ3n) is 5.84. The zero-order valence-electron chi connectivity index (χ0n) is 16.9. The normalized spacial score (nSPS) is 15.9. The van der Waals surface area contributed by atoms with Crippen LogP contribution < -0.4 is 4.74 Å². The molecule has 0 radical (unpaired) electrons. The van der Waals surface area contributed by atoms with Crippen molar-refractivity contribution in [3.63, 3.8) is 0 Å². The zero-order valence-corrected chi connectivity index (χ0v) is 17.9. The molecule has 0 aromatic heterocycles. The van der Waals surface area contributed by atoms with E-state index in [-0.39, 0.29) is 10.9 Å². The van der Waals surface area contributed by atoms with Gasteiger partial charge < -0.3 is 9.16 Å². The quantitative estimate of drug-likeness (QED) is 0.539. The molecule has 0 aliphatic heterocycles. The van der Waals surface area contributed by atoms with Gasteiger partial charge in [0.15, 0.2) is 19.9 Å². The Morgan fingerprint density at radius 2 is 1.78 bits per heavy atom. The lowest BCUT2D eigenvalue weighted by molar-refractivity contribution is 0.290. The maximum Gasteiger partial charge on any atom is 0.198 e. The Bertz CT molecular complexity index is 839. The summed E-state index contributed by atoms with van der Waals surface area (Å²) in [6.45, 7) is 9.35. The van der Waals surface area contributed by atoms with Gasteiger partial charge in [-0.25, -0.2) is 4.39 Å². The smallest absolute Gasteiger partial charge is 0.198 e. The third-order valence-corrected chi connectivity index (χ3v) is 11.0. The first kappa shape index (κ1) is 19.8. The van der Waals surface area contributed by atoms with E-state index >= 15 is 4.39 Å². The van der Waals surface area contributed by atoms with Crippen molar-refractivity contribution in [3.05, 3.63) is 70.5 Å². The van der Waals surface area contributed by atoms with Crippen molar-refractivity contribution in [1.29, 1.82) is 0 Å². The predicted molar refractivity (Wildman–Crippen MR) is 112 cm³/mol. The van der Waals surface area contributed by atoms with Gasteiger partial charge in [0.1, 0.15) is 6.61 Å². The Morgan fingerprint density at radius 1 is 1.07 bits per heavy atom. The first-order chi connectivity index (χ1) is 12.7. The second kappa shape index (κ2) is 7.61. The molecule has 0 saturated heterocycles. The van der Waals surface area contributed by atoms with Crippen molar-refractivity contribution in [1.82, 2.24) is 0 Å². The number of halogens is 1. The molecule has 144 valence electrons. The van der Waals surface area contributed by atoms with E-state index < -0.39 is 8.32 Å². The summed E-state index contributed by atoms with van der Waals surface area (Å²) >= 11 is 0. The van der Waals surface area contributed by atoms with Gasteiger partial charge in [-0.3, -0.25) is 0 Å². The van der Waals surface area contributed by atoms with Gasteiger partial charge in [-0.05, 0) is 41.2 Å². The second-order valence-electron chi connectivity index (χ2n) is 8.57. The summed E-state index contributed by atoms with van der Waals surface area (Å²) in [6.07, 6.45) is 2.81. The summed E-state index contributed by atoms with van der Waals surface area (Å²) in [5, 5.41) is 0.125. The molecule has 27 heavy (non-hydrogen) atoms. The third kappa shape index (κ3) is 4.17. The number of fused-ring (bicyclic) bond motifs is 1. The fourth-order valence-corrected chi connectivity index (χ4v) is 5.84. The number of ether oxygens (including phenoxy) is 1. The molecule has 0 N–H and O–H groups in total. The standard InChI is InChI=1S/C23H29FO2Si/c1-23(2,3)27(5,25-4)16-18-13-19-11-12-21(22(24)20(19)14-18)26-15-17-9-7-6-8-10-17/h6-12,14H,13,15-16H2,1-5H3. The van der Waals surface area contributed by atoms with Crippen molar-refractivity contribution in [2.45, 2.75) is 51.4 Å². The van der Waals surface area contributed by atoms with E-state index in [1.54, 1.807) is 6.07 Å². The number of rotatable bonds is 6. The highest BCUT2D eigenvalue weighted by Gasteiger charge is 2.42. The lowest BCUT2D eigenvalue weighted by atomic mass is 10.1. The Hall–Kier alpha value is -1.91. The maximum absolute atomic E-state index is 15.0. The summed E-state index contributed by atoms with van der Waals surface area (Å²) in [4.78, 5) is 0. The number of hydrogen-bond acceptors (Lipinski definition) is 2. The Morgan fingerprint density at radius 3 is 2.41 bits per heavy atom. The first-order valence-corrected chi connectivity index (χ1v) is 12.1. The van der Waals surface area contributed by atoms with Crippen LogP contribution in [-0.2, 0) is 17.5 Å². The number of hydrogen-bond donors (Lipinski definition) is 0. The van der Waals surface area contributed by atoms with Gasteiger partial charge in [-0.15, -0.1) is 0 Å². The lowest BCUT2D eigenvalue weighted by Gasteiger charge is -2.38. The van der Waals surface area contributed by atoms with Gasteiger partial charge in [-0.2, -0.15) is 0 Å². The molecule has 1 atom stereocenters. The molecule has 2 aromatic carbocycles. The molecule has 0 bridgehead atoms. The van der Waals surface area contributed by atoms with E-state index in [1.807, 2.05) is 49.6 Å². The molecule has 0 saturated carbocycles. The average molecular weight is 385 g/mol. The first-order valence-electron chi connectivity index (χ1n) is 9.46. The average Bonchev–Trinajstić information content (AvgIpc) is 3.04. The van der Waals surface area contributed by atoms with Crippen LogP contribution in [0.5, 0.6) is 5.75 Å². The van der Waals surface area contributed by atoms with Crippen LogP contribution in [0.25, 0.3) is 6.08 Å². The predicted octanol–water partition coefficient (Wildman–Crippen LogP) is 6.37. The number of allylic oxidation sites excluding steroid dienone is 1. The largest absolute Gasteiger partial charge is 0.486 e. The molecule has 2 nitrogen and oxygen atoms in total. The molecular weight excluding hydrogens is 355 g/mol. The highest BCUT2D eigenvalue weighted by atomic mass is 28.4. The van der Waals surface area contributed by atoms with Crippen LogP contribution >= 0.6 is 0 Å². The van der Waals surface area contributed by atoms with E-state index in [0.717, 1.165) is 23.6 Å². The summed E-state index contributed by atoms with van der Waals surface area (Å²) < 4.78 is 26.7. The van der Waals surface area contributed by atoms with Gasteiger partial charge >= 0.3 is 0 Å². The van der Waals surface area contributed by atoms with E-state index in [9.17, 15) is 0 Å². The molecule has 1 aliphatic rings. The van der Waals surface area contributed by atoms with E-state index in [2.05, 4.69) is 27.3 Å². The molecule has 3 rings (SSSR count). The Labute approximate surface area is 163 Å². The van der Waals surface area contributed by atoms with Crippen LogP contribution in [0.1, 0.15) is 37.5 Å². The van der Waals surface area contributed by atoms with Gasteiger partial charge in [0.25, 0.3) is 0 Å². The zero-order chi connectivity index (χ0) is 19.7. The fraction of sp³-hybridized carbons (Fsp3) is 0.391. The minimum Gasteiger partial charge on any atom is -0.486 e. The van der Waals surface area contributed by atoms with Gasteiger partial charge in [0.05, 0.1) is 0 Å². The van der Waals surface area contributed by atoms with Crippen LogP contribution in [0.15, 0.2) is 48.0 Å². The van der Waals surface area contributed by atoms with Crippen LogP contribution in [0.4, 0.5) is 4.39 Å². The van der Waals surface area contributed by atoms with E-state index in [1.165, 1.54) is 5.57 Å². The molecule has 1 unspecified atom stereocenters. The van der Waals surface area contributed by atoms with Gasteiger partial charge in [0.2, 0.25) is 0 Å². The number of benzene rings is 2. The summed E-state index contributed by atoms with van der Waals surface area (Å²) in [5.74, 6) is 0.0626. The molecular formula is C23H29FO2Si. The SMILES string of the molecule is CO[Si](C)(CC1=Cc2c(ccc(OCc3ccccc3)c2F)C1)C(C)(C)C. The van der Waals surface area contributed by atoms with Crippen molar-refractivity contribution in [2.24, 2.45) is 0 Å². The molecule has 2 aromatic rings. The van der Waals surface area contributed by atoms with Crippen LogP contribution in [0, 0.1) is 5.82 Å². The molecule has 4 heteroatoms. The highest BCUT2D eigenvalue weighted by molar-refractivity contribution is 6.76. The van der Waals surface area contributed by atoms with Crippen molar-refractivity contribution < 1.29 is 13.6 Å². The Balaban J connectivity index is 1.78. The lowest BCUT2D eigenvalue weighted by Crippen LogP contribution is -2.43.